The van der Waals surface area contributed by atoms with E-state index in [2.05, 4.69) is 15.4 Å². The van der Waals surface area contributed by atoms with E-state index in [-0.39, 0.29) is 17.5 Å². The Morgan fingerprint density at radius 2 is 1.70 bits per heavy atom. The smallest absolute Gasteiger partial charge is 0.226 e. The molecule has 170 valence electrons. The number of hydrogen-bond donors (Lipinski definition) is 1. The Bertz CT molecular complexity index is 1230. The molecule has 5 rings (SSSR count). The lowest BCUT2D eigenvalue weighted by atomic mass is 9.77. The lowest BCUT2D eigenvalue weighted by molar-refractivity contribution is -0.116. The number of fused-ring (bicyclic) bond motifs is 1. The number of carbonyl (C=O) groups excluding carboxylic acids is 1. The van der Waals surface area contributed by atoms with Crippen molar-refractivity contribution in [1.29, 1.82) is 0 Å². The van der Waals surface area contributed by atoms with Gasteiger partial charge in [0.05, 0.1) is 21.3 Å². The second kappa shape index (κ2) is 8.23. The van der Waals surface area contributed by atoms with E-state index in [4.69, 9.17) is 14.2 Å². The van der Waals surface area contributed by atoms with Crippen molar-refractivity contribution < 1.29 is 23.4 Å². The Balaban J connectivity index is 1.57. The van der Waals surface area contributed by atoms with Crippen molar-refractivity contribution in [3.8, 4) is 17.2 Å². The van der Waals surface area contributed by atoms with Gasteiger partial charge in [0.25, 0.3) is 0 Å². The van der Waals surface area contributed by atoms with Gasteiger partial charge >= 0.3 is 0 Å². The highest BCUT2D eigenvalue weighted by atomic mass is 19.1. The number of Topliss-reactive ketones (excluding diaryl/α,β-unsaturated/α-hetero) is 1. The summed E-state index contributed by atoms with van der Waals surface area (Å²) in [6, 6.07) is 9.44. The third-order valence-electron chi connectivity index (χ3n) is 6.21. The minimum Gasteiger partial charge on any atom is -0.493 e. The third-order valence-corrected chi connectivity index (χ3v) is 6.21. The topological polar surface area (TPSA) is 87.5 Å². The average Bonchev–Trinajstić information content (AvgIpc) is 3.30. The molecule has 33 heavy (non-hydrogen) atoms. The van der Waals surface area contributed by atoms with Crippen LogP contribution in [0.4, 0.5) is 10.3 Å². The Kier molecular flexibility index (Phi) is 5.24. The van der Waals surface area contributed by atoms with E-state index in [9.17, 15) is 9.18 Å². The van der Waals surface area contributed by atoms with Crippen LogP contribution in [0.2, 0.25) is 0 Å². The predicted octanol–water partition coefficient (Wildman–Crippen LogP) is 3.86. The van der Waals surface area contributed by atoms with Crippen molar-refractivity contribution in [2.24, 2.45) is 0 Å². The number of anilines is 1. The Morgan fingerprint density at radius 3 is 2.33 bits per heavy atom. The van der Waals surface area contributed by atoms with Crippen LogP contribution in [0.5, 0.6) is 17.2 Å². The molecule has 1 N–H and O–H groups in total. The van der Waals surface area contributed by atoms with Gasteiger partial charge in [0.15, 0.2) is 17.3 Å². The number of ketones is 1. The highest BCUT2D eigenvalue weighted by Crippen LogP contribution is 2.46. The number of carbonyl (C=O) groups is 1. The molecule has 0 saturated heterocycles. The van der Waals surface area contributed by atoms with E-state index in [1.807, 2.05) is 12.1 Å². The van der Waals surface area contributed by atoms with Gasteiger partial charge in [-0.2, -0.15) is 10.1 Å². The van der Waals surface area contributed by atoms with Gasteiger partial charge in [0.1, 0.15) is 18.2 Å². The molecule has 3 aromatic rings. The predicted molar refractivity (Wildman–Crippen MR) is 118 cm³/mol. The number of allylic oxidation sites excluding steroid dienone is 2. The van der Waals surface area contributed by atoms with Gasteiger partial charge in [-0.05, 0) is 47.7 Å². The molecule has 8 nitrogen and oxygen atoms in total. The fourth-order valence-corrected chi connectivity index (χ4v) is 4.68. The van der Waals surface area contributed by atoms with Gasteiger partial charge in [0, 0.05) is 17.7 Å². The minimum atomic E-state index is -0.465. The summed E-state index contributed by atoms with van der Waals surface area (Å²) >= 11 is 0. The molecule has 0 radical (unpaired) electrons. The summed E-state index contributed by atoms with van der Waals surface area (Å²) in [5.74, 6) is 1.70. The first-order valence-corrected chi connectivity index (χ1v) is 10.5. The second-order valence-electron chi connectivity index (χ2n) is 7.99. The summed E-state index contributed by atoms with van der Waals surface area (Å²) in [5, 5.41) is 7.61. The fourth-order valence-electron chi connectivity index (χ4n) is 4.68. The maximum Gasteiger partial charge on any atom is 0.226 e. The first-order chi connectivity index (χ1) is 16.0. The molecular weight excluding hydrogens is 427 g/mol. The van der Waals surface area contributed by atoms with Crippen LogP contribution in [0, 0.1) is 5.82 Å². The molecular formula is C24H23FN4O4. The van der Waals surface area contributed by atoms with Crippen LogP contribution in [0.3, 0.4) is 0 Å². The van der Waals surface area contributed by atoms with E-state index in [1.54, 1.807) is 38.1 Å². The molecule has 1 aliphatic carbocycles. The number of methoxy groups -OCH3 is 3. The average molecular weight is 450 g/mol. The molecule has 0 unspecified atom stereocenters. The molecule has 0 spiro atoms. The number of nitrogens with one attached hydrogen (secondary N) is 1. The number of benzene rings is 2. The van der Waals surface area contributed by atoms with E-state index < -0.39 is 6.04 Å². The molecule has 0 bridgehead atoms. The maximum atomic E-state index is 13.6. The number of hydrogen-bond acceptors (Lipinski definition) is 7. The number of nitrogens with zero attached hydrogens (tertiary/aromatic N) is 3. The van der Waals surface area contributed by atoms with Gasteiger partial charge < -0.3 is 19.5 Å². The standard InChI is InChI=1S/C24H23FN4O4/c1-31-19-10-15(11-20(32-2)23(19)33-3)14-8-17-21(18(30)9-14)22(13-4-6-16(25)7-5-13)29-24(28-17)26-12-27-29/h4-7,10-12,14,22H,8-9H2,1-3H3,(H,26,27,28)/t14-,22-/m1/s1. The minimum absolute atomic E-state index is 0.00187. The van der Waals surface area contributed by atoms with Crippen molar-refractivity contribution in [3.05, 3.63) is 70.9 Å². The number of aromatic nitrogens is 3. The molecule has 2 atom stereocenters. The molecule has 0 saturated carbocycles. The van der Waals surface area contributed by atoms with Gasteiger partial charge in [-0.15, -0.1) is 0 Å². The summed E-state index contributed by atoms with van der Waals surface area (Å²) in [5.41, 5.74) is 3.11. The zero-order chi connectivity index (χ0) is 23.1. The highest BCUT2D eigenvalue weighted by Gasteiger charge is 2.39. The monoisotopic (exact) mass is 450 g/mol. The van der Waals surface area contributed by atoms with Crippen LogP contribution < -0.4 is 19.5 Å². The number of rotatable bonds is 5. The van der Waals surface area contributed by atoms with E-state index in [0.29, 0.717) is 41.6 Å². The van der Waals surface area contributed by atoms with Crippen LogP contribution in [-0.4, -0.2) is 41.9 Å². The quantitative estimate of drug-likeness (QED) is 0.632. The van der Waals surface area contributed by atoms with Gasteiger partial charge in [-0.1, -0.05) is 12.1 Å². The van der Waals surface area contributed by atoms with E-state index in [1.165, 1.54) is 18.5 Å². The summed E-state index contributed by atoms with van der Waals surface area (Å²) in [6.45, 7) is 0. The van der Waals surface area contributed by atoms with Crippen molar-refractivity contribution in [3.63, 3.8) is 0 Å². The van der Waals surface area contributed by atoms with Crippen molar-refractivity contribution in [1.82, 2.24) is 14.8 Å². The molecule has 2 aliphatic rings. The molecule has 0 fully saturated rings. The lowest BCUT2D eigenvalue weighted by Gasteiger charge is -2.35. The Labute approximate surface area is 190 Å². The molecule has 9 heteroatoms. The largest absolute Gasteiger partial charge is 0.493 e. The molecule has 1 aromatic heterocycles. The maximum absolute atomic E-state index is 13.6. The van der Waals surface area contributed by atoms with Crippen LogP contribution in [0.1, 0.15) is 35.9 Å². The van der Waals surface area contributed by atoms with Crippen molar-refractivity contribution >= 4 is 11.7 Å². The lowest BCUT2D eigenvalue weighted by Crippen LogP contribution is -2.33. The molecule has 2 heterocycles. The van der Waals surface area contributed by atoms with Gasteiger partial charge in [-0.3, -0.25) is 4.79 Å². The first kappa shape index (κ1) is 21.0. The summed E-state index contributed by atoms with van der Waals surface area (Å²) < 4.78 is 31.6. The third kappa shape index (κ3) is 3.49. The summed E-state index contributed by atoms with van der Waals surface area (Å²) in [7, 11) is 4.69. The first-order valence-electron chi connectivity index (χ1n) is 10.5. The summed E-state index contributed by atoms with van der Waals surface area (Å²) in [6.07, 6.45) is 2.34. The molecule has 1 aliphatic heterocycles. The van der Waals surface area contributed by atoms with E-state index in [0.717, 1.165) is 16.8 Å². The Hall–Kier alpha value is -3.88. The number of halogens is 1. The zero-order valence-corrected chi connectivity index (χ0v) is 18.5. The molecule has 0 amide bonds. The Morgan fingerprint density at radius 1 is 1.00 bits per heavy atom. The SMILES string of the molecule is COc1cc([C@H]2CC(=O)C3=C(C2)Nc2ncnn2[C@@H]3c2ccc(F)cc2)cc(OC)c1OC. The molecule has 2 aromatic carbocycles. The highest BCUT2D eigenvalue weighted by molar-refractivity contribution is 6.00. The van der Waals surface area contributed by atoms with Crippen molar-refractivity contribution in [2.45, 2.75) is 24.8 Å². The van der Waals surface area contributed by atoms with Gasteiger partial charge in [0.2, 0.25) is 11.7 Å². The number of ether oxygens (including phenoxy) is 3. The second-order valence-corrected chi connectivity index (χ2v) is 7.99. The van der Waals surface area contributed by atoms with E-state index >= 15 is 0 Å². The fraction of sp³-hybridized carbons (Fsp3) is 0.292. The van der Waals surface area contributed by atoms with Crippen LogP contribution in [0.25, 0.3) is 0 Å². The van der Waals surface area contributed by atoms with Crippen LogP contribution in [0.15, 0.2) is 54.0 Å². The summed E-state index contributed by atoms with van der Waals surface area (Å²) in [4.78, 5) is 17.8. The van der Waals surface area contributed by atoms with Crippen LogP contribution in [-0.2, 0) is 4.79 Å². The van der Waals surface area contributed by atoms with Crippen molar-refractivity contribution in [2.75, 3.05) is 26.6 Å². The normalized spacial score (nSPS) is 19.5. The van der Waals surface area contributed by atoms with Gasteiger partial charge in [-0.25, -0.2) is 9.07 Å². The van der Waals surface area contributed by atoms with Crippen LogP contribution >= 0.6 is 0 Å². The zero-order valence-electron chi connectivity index (χ0n) is 18.5.